The van der Waals surface area contributed by atoms with Gasteiger partial charge in [-0.25, -0.2) is 9.78 Å². The summed E-state index contributed by atoms with van der Waals surface area (Å²) in [5, 5.41) is 0. The molecule has 1 aromatic rings. The summed E-state index contributed by atoms with van der Waals surface area (Å²) in [5.41, 5.74) is 5.45. The molecule has 2 aliphatic heterocycles. The highest BCUT2D eigenvalue weighted by Crippen LogP contribution is 2.33. The highest BCUT2D eigenvalue weighted by molar-refractivity contribution is 5.97. The number of anilines is 1. The molecule has 0 aromatic carbocycles. The van der Waals surface area contributed by atoms with Crippen LogP contribution in [0.5, 0.6) is 0 Å². The molecule has 0 aliphatic carbocycles. The fraction of sp³-hybridized carbons (Fsp3) is 0.533. The second-order valence-electron chi connectivity index (χ2n) is 5.99. The molecule has 2 fully saturated rings. The van der Waals surface area contributed by atoms with Crippen molar-refractivity contribution in [2.24, 2.45) is 5.73 Å². The highest BCUT2D eigenvalue weighted by Gasteiger charge is 2.44. The maximum atomic E-state index is 11.7. The predicted octanol–water partition coefficient (Wildman–Crippen LogP) is 0.992. The van der Waals surface area contributed by atoms with E-state index in [2.05, 4.69) is 9.88 Å². The Bertz CT molecular complexity index is 606. The van der Waals surface area contributed by atoms with E-state index in [-0.39, 0.29) is 6.09 Å². The van der Waals surface area contributed by atoms with E-state index < -0.39 is 11.5 Å². The summed E-state index contributed by atoms with van der Waals surface area (Å²) < 4.78 is 5.59. The van der Waals surface area contributed by atoms with Crippen LogP contribution < -0.4 is 10.6 Å². The van der Waals surface area contributed by atoms with Gasteiger partial charge in [0, 0.05) is 32.8 Å². The minimum Gasteiger partial charge on any atom is -0.441 e. The number of nitrogens with two attached hydrogens (primary N) is 1. The van der Waals surface area contributed by atoms with Gasteiger partial charge in [0.2, 0.25) is 0 Å². The van der Waals surface area contributed by atoms with Crippen LogP contribution in [-0.2, 0) is 4.74 Å². The number of hydrogen-bond donors (Lipinski definition) is 1. The molecule has 0 saturated carbocycles. The van der Waals surface area contributed by atoms with Gasteiger partial charge in [-0.15, -0.1) is 0 Å². The maximum absolute atomic E-state index is 11.7. The zero-order valence-corrected chi connectivity index (χ0v) is 12.6. The largest absolute Gasteiger partial charge is 0.441 e. The molecule has 2 saturated heterocycles. The summed E-state index contributed by atoms with van der Waals surface area (Å²) in [6, 6.07) is 3.39. The van der Waals surface area contributed by atoms with Crippen LogP contribution in [0.1, 0.15) is 29.6 Å². The molecule has 1 spiro atoms. The summed E-state index contributed by atoms with van der Waals surface area (Å²) in [6.45, 7) is 2.06. The molecular weight excluding hydrogens is 284 g/mol. The van der Waals surface area contributed by atoms with Crippen molar-refractivity contribution in [2.45, 2.75) is 24.9 Å². The Hall–Kier alpha value is -2.31. The fourth-order valence-corrected chi connectivity index (χ4v) is 3.27. The minimum absolute atomic E-state index is 0.260. The Morgan fingerprint density at radius 3 is 2.91 bits per heavy atom. The molecule has 7 heteroatoms. The molecule has 0 bridgehead atoms. The molecule has 0 unspecified atom stereocenters. The molecule has 1 aromatic heterocycles. The van der Waals surface area contributed by atoms with Gasteiger partial charge in [-0.05, 0) is 25.0 Å². The van der Waals surface area contributed by atoms with E-state index in [9.17, 15) is 9.59 Å². The molecule has 7 nitrogen and oxygen atoms in total. The van der Waals surface area contributed by atoms with Gasteiger partial charge in [0.25, 0.3) is 5.91 Å². The first-order valence-corrected chi connectivity index (χ1v) is 7.45. The van der Waals surface area contributed by atoms with Gasteiger partial charge < -0.3 is 20.3 Å². The van der Waals surface area contributed by atoms with Crippen molar-refractivity contribution in [1.29, 1.82) is 0 Å². The number of ether oxygens (including phenoxy) is 1. The summed E-state index contributed by atoms with van der Waals surface area (Å²) in [4.78, 5) is 31.2. The molecule has 3 rings (SSSR count). The van der Waals surface area contributed by atoms with Gasteiger partial charge in [-0.3, -0.25) is 4.79 Å². The van der Waals surface area contributed by atoms with Crippen LogP contribution in [0.15, 0.2) is 18.3 Å². The Kier molecular flexibility index (Phi) is 3.64. The molecule has 0 radical (unpaired) electrons. The van der Waals surface area contributed by atoms with Crippen LogP contribution in [0.2, 0.25) is 0 Å². The highest BCUT2D eigenvalue weighted by atomic mass is 16.6. The summed E-state index contributed by atoms with van der Waals surface area (Å²) in [5.74, 6) is 0.138. The molecule has 118 valence electrons. The SMILES string of the molecule is CN1C[C@@]2(CCCN(c3ncccc3C(N)=O)CC2)OC1=O. The van der Waals surface area contributed by atoms with Crippen LogP contribution >= 0.6 is 0 Å². The molecule has 2 N–H and O–H groups in total. The average molecular weight is 304 g/mol. The van der Waals surface area contributed by atoms with Crippen LogP contribution in [0.25, 0.3) is 0 Å². The Morgan fingerprint density at radius 1 is 1.41 bits per heavy atom. The van der Waals surface area contributed by atoms with Crippen molar-refractivity contribution in [3.63, 3.8) is 0 Å². The van der Waals surface area contributed by atoms with E-state index in [1.54, 1.807) is 30.3 Å². The van der Waals surface area contributed by atoms with Crippen molar-refractivity contribution < 1.29 is 14.3 Å². The van der Waals surface area contributed by atoms with Crippen LogP contribution in [-0.4, -0.2) is 54.2 Å². The topological polar surface area (TPSA) is 88.8 Å². The van der Waals surface area contributed by atoms with Crippen LogP contribution in [0, 0.1) is 0 Å². The van der Waals surface area contributed by atoms with Crippen LogP contribution in [0.3, 0.4) is 0 Å². The van der Waals surface area contributed by atoms with Gasteiger partial charge in [0.05, 0.1) is 12.1 Å². The third kappa shape index (κ3) is 2.58. The number of pyridine rings is 1. The lowest BCUT2D eigenvalue weighted by molar-refractivity contribution is 0.0473. The smallest absolute Gasteiger partial charge is 0.410 e. The Labute approximate surface area is 129 Å². The number of carbonyl (C=O) groups excluding carboxylic acids is 2. The molecule has 2 aliphatic rings. The first-order chi connectivity index (χ1) is 10.5. The zero-order valence-electron chi connectivity index (χ0n) is 12.6. The molecular formula is C15H20N4O3. The van der Waals surface area contributed by atoms with Gasteiger partial charge in [0.15, 0.2) is 0 Å². The van der Waals surface area contributed by atoms with E-state index in [1.807, 2.05) is 0 Å². The number of amides is 2. The lowest BCUT2D eigenvalue weighted by Crippen LogP contribution is -2.35. The first kappa shape index (κ1) is 14.6. The van der Waals surface area contributed by atoms with E-state index >= 15 is 0 Å². The third-order valence-electron chi connectivity index (χ3n) is 4.39. The number of carbonyl (C=O) groups is 2. The maximum Gasteiger partial charge on any atom is 0.410 e. The number of likely N-dealkylation sites (N-methyl/N-ethyl adjacent to an activating group) is 1. The van der Waals surface area contributed by atoms with Crippen molar-refractivity contribution in [3.05, 3.63) is 23.9 Å². The lowest BCUT2D eigenvalue weighted by Gasteiger charge is -2.26. The predicted molar refractivity (Wildman–Crippen MR) is 80.7 cm³/mol. The second kappa shape index (κ2) is 5.47. The quantitative estimate of drug-likeness (QED) is 0.880. The normalized spacial score (nSPS) is 25.2. The molecule has 2 amide bonds. The van der Waals surface area contributed by atoms with E-state index in [0.29, 0.717) is 24.5 Å². The van der Waals surface area contributed by atoms with E-state index in [0.717, 1.165) is 25.8 Å². The molecule has 22 heavy (non-hydrogen) atoms. The van der Waals surface area contributed by atoms with Gasteiger partial charge in [-0.1, -0.05) is 0 Å². The first-order valence-electron chi connectivity index (χ1n) is 7.45. The summed E-state index contributed by atoms with van der Waals surface area (Å²) in [6.07, 6.45) is 3.81. The third-order valence-corrected chi connectivity index (χ3v) is 4.39. The number of aromatic nitrogens is 1. The van der Waals surface area contributed by atoms with Crippen molar-refractivity contribution >= 4 is 17.8 Å². The van der Waals surface area contributed by atoms with Gasteiger partial charge >= 0.3 is 6.09 Å². The van der Waals surface area contributed by atoms with Crippen molar-refractivity contribution in [3.8, 4) is 0 Å². The summed E-state index contributed by atoms with van der Waals surface area (Å²) >= 11 is 0. The van der Waals surface area contributed by atoms with Crippen LogP contribution in [0.4, 0.5) is 10.6 Å². The van der Waals surface area contributed by atoms with Crippen molar-refractivity contribution in [1.82, 2.24) is 9.88 Å². The van der Waals surface area contributed by atoms with Crippen molar-refractivity contribution in [2.75, 3.05) is 31.6 Å². The van der Waals surface area contributed by atoms with Gasteiger partial charge in [-0.2, -0.15) is 0 Å². The van der Waals surface area contributed by atoms with E-state index in [4.69, 9.17) is 10.5 Å². The minimum atomic E-state index is -0.478. The number of rotatable bonds is 2. The Morgan fingerprint density at radius 2 is 2.23 bits per heavy atom. The molecule has 3 heterocycles. The number of hydrogen-bond acceptors (Lipinski definition) is 5. The van der Waals surface area contributed by atoms with E-state index in [1.165, 1.54) is 0 Å². The summed E-state index contributed by atoms with van der Waals surface area (Å²) in [7, 11) is 1.75. The fourth-order valence-electron chi connectivity index (χ4n) is 3.27. The monoisotopic (exact) mass is 304 g/mol. The molecule has 1 atom stereocenters. The second-order valence-corrected chi connectivity index (χ2v) is 5.99. The zero-order chi connectivity index (χ0) is 15.7. The Balaban J connectivity index is 1.79. The standard InChI is InChI=1S/C15H20N4O3/c1-18-10-15(22-14(18)21)5-3-8-19(9-6-15)13-11(12(16)20)4-2-7-17-13/h2,4,7H,3,5-6,8-10H2,1H3,(H2,16,20)/t15-/m0/s1. The lowest BCUT2D eigenvalue weighted by atomic mass is 9.95. The average Bonchev–Trinajstić information content (AvgIpc) is 2.66. The number of primary amides is 1. The van der Waals surface area contributed by atoms with Gasteiger partial charge in [0.1, 0.15) is 11.4 Å². The number of nitrogens with zero attached hydrogens (tertiary/aromatic N) is 3.